The van der Waals surface area contributed by atoms with Gasteiger partial charge in [-0.05, 0) is 18.6 Å². The monoisotopic (exact) mass is 287 g/mol. The summed E-state index contributed by atoms with van der Waals surface area (Å²) in [6.07, 6.45) is 4.15. The van der Waals surface area contributed by atoms with E-state index >= 15 is 0 Å². The zero-order valence-electron chi connectivity index (χ0n) is 11.1. The van der Waals surface area contributed by atoms with Crippen molar-refractivity contribution in [3.63, 3.8) is 0 Å². The van der Waals surface area contributed by atoms with E-state index < -0.39 is 0 Å². The number of nitrogens with one attached hydrogen (secondary N) is 1. The fraction of sp³-hybridized carbons (Fsp3) is 0.231. The molecule has 0 atom stereocenters. The van der Waals surface area contributed by atoms with Crippen molar-refractivity contribution in [3.8, 4) is 10.8 Å². The van der Waals surface area contributed by atoms with E-state index in [9.17, 15) is 0 Å². The molecule has 0 saturated heterocycles. The Labute approximate surface area is 119 Å². The first-order chi connectivity index (χ1) is 9.76. The van der Waals surface area contributed by atoms with E-state index in [1.165, 1.54) is 11.3 Å². The van der Waals surface area contributed by atoms with E-state index in [1.807, 2.05) is 26.1 Å². The Kier molecular flexibility index (Phi) is 3.42. The maximum absolute atomic E-state index is 5.32. The van der Waals surface area contributed by atoms with Crippen molar-refractivity contribution < 1.29 is 4.52 Å². The molecule has 6 nitrogen and oxygen atoms in total. The van der Waals surface area contributed by atoms with Crippen molar-refractivity contribution in [2.75, 3.05) is 12.4 Å². The van der Waals surface area contributed by atoms with Crippen LogP contribution in [0.4, 0.5) is 5.13 Å². The average molecular weight is 287 g/mol. The molecular weight excluding hydrogens is 274 g/mol. The van der Waals surface area contributed by atoms with Crippen molar-refractivity contribution in [2.45, 2.75) is 13.3 Å². The van der Waals surface area contributed by atoms with Crippen LogP contribution in [0.3, 0.4) is 0 Å². The third kappa shape index (κ3) is 2.53. The molecule has 0 fully saturated rings. The molecule has 3 aromatic rings. The van der Waals surface area contributed by atoms with Crippen LogP contribution in [0.25, 0.3) is 10.8 Å². The third-order valence-corrected chi connectivity index (χ3v) is 3.92. The number of rotatable bonds is 4. The summed E-state index contributed by atoms with van der Waals surface area (Å²) in [5.74, 6) is 1.16. The van der Waals surface area contributed by atoms with Gasteiger partial charge in [0.05, 0.1) is 5.69 Å². The van der Waals surface area contributed by atoms with Crippen LogP contribution in [-0.4, -0.2) is 27.2 Å². The smallest absolute Gasteiger partial charge is 0.270 e. The van der Waals surface area contributed by atoms with Gasteiger partial charge in [0.2, 0.25) is 0 Å². The minimum atomic E-state index is 0.514. The normalized spacial score (nSPS) is 10.7. The third-order valence-electron chi connectivity index (χ3n) is 2.76. The van der Waals surface area contributed by atoms with Crippen molar-refractivity contribution in [1.29, 1.82) is 0 Å². The van der Waals surface area contributed by atoms with Gasteiger partial charge in [0.15, 0.2) is 11.0 Å². The van der Waals surface area contributed by atoms with Crippen LogP contribution >= 0.6 is 11.3 Å². The average Bonchev–Trinajstić information content (AvgIpc) is 3.06. The SMILES string of the molecule is CNc1nc(C)c(-c2nc(Cc3cccnc3)no2)s1. The molecule has 0 saturated carbocycles. The molecule has 7 heteroatoms. The van der Waals surface area contributed by atoms with Crippen LogP contribution in [0, 0.1) is 6.92 Å². The Balaban J connectivity index is 1.84. The van der Waals surface area contributed by atoms with Crippen molar-refractivity contribution >= 4 is 16.5 Å². The highest BCUT2D eigenvalue weighted by atomic mass is 32.1. The van der Waals surface area contributed by atoms with E-state index in [-0.39, 0.29) is 0 Å². The summed E-state index contributed by atoms with van der Waals surface area (Å²) in [6.45, 7) is 1.93. The van der Waals surface area contributed by atoms with Gasteiger partial charge >= 0.3 is 0 Å². The summed E-state index contributed by atoms with van der Waals surface area (Å²) in [5, 5.41) is 7.86. The molecule has 0 spiro atoms. The number of aromatic nitrogens is 4. The zero-order valence-corrected chi connectivity index (χ0v) is 11.9. The van der Waals surface area contributed by atoms with Gasteiger partial charge in [0, 0.05) is 25.9 Å². The highest BCUT2D eigenvalue weighted by Gasteiger charge is 2.16. The van der Waals surface area contributed by atoms with Gasteiger partial charge in [-0.3, -0.25) is 4.98 Å². The van der Waals surface area contributed by atoms with Gasteiger partial charge in [0.25, 0.3) is 5.89 Å². The molecule has 3 rings (SSSR count). The largest absolute Gasteiger partial charge is 0.365 e. The lowest BCUT2D eigenvalue weighted by atomic mass is 10.2. The van der Waals surface area contributed by atoms with Crippen LogP contribution < -0.4 is 5.32 Å². The molecule has 0 unspecified atom stereocenters. The molecule has 0 aliphatic heterocycles. The van der Waals surface area contributed by atoms with Gasteiger partial charge in [-0.15, -0.1) is 0 Å². The minimum Gasteiger partial charge on any atom is -0.365 e. The molecule has 20 heavy (non-hydrogen) atoms. The highest BCUT2D eigenvalue weighted by Crippen LogP contribution is 2.31. The maximum atomic E-state index is 5.32. The number of anilines is 1. The molecule has 3 heterocycles. The fourth-order valence-corrected chi connectivity index (χ4v) is 2.65. The summed E-state index contributed by atoms with van der Waals surface area (Å²) in [6, 6.07) is 3.88. The van der Waals surface area contributed by atoms with Crippen LogP contribution in [0.1, 0.15) is 17.1 Å². The number of hydrogen-bond donors (Lipinski definition) is 1. The molecule has 102 valence electrons. The first kappa shape index (κ1) is 12.7. The maximum Gasteiger partial charge on any atom is 0.270 e. The predicted octanol–water partition coefficient (Wildman–Crippen LogP) is 2.53. The van der Waals surface area contributed by atoms with E-state index in [1.54, 1.807) is 12.4 Å². The number of thiazole rings is 1. The van der Waals surface area contributed by atoms with Gasteiger partial charge < -0.3 is 9.84 Å². The highest BCUT2D eigenvalue weighted by molar-refractivity contribution is 7.19. The van der Waals surface area contributed by atoms with E-state index in [0.717, 1.165) is 21.3 Å². The van der Waals surface area contributed by atoms with Crippen molar-refractivity contribution in [1.82, 2.24) is 20.1 Å². The number of nitrogens with zero attached hydrogens (tertiary/aromatic N) is 4. The molecular formula is C13H13N5OS. The first-order valence-corrected chi connectivity index (χ1v) is 6.95. The summed E-state index contributed by atoms with van der Waals surface area (Å²) < 4.78 is 5.32. The van der Waals surface area contributed by atoms with Gasteiger partial charge in [0.1, 0.15) is 4.88 Å². The summed E-state index contributed by atoms with van der Waals surface area (Å²) in [5.41, 5.74) is 1.94. The lowest BCUT2D eigenvalue weighted by Crippen LogP contribution is -1.91. The molecule has 0 aromatic carbocycles. The summed E-state index contributed by atoms with van der Waals surface area (Å²) in [7, 11) is 1.84. The Morgan fingerprint density at radius 1 is 1.35 bits per heavy atom. The van der Waals surface area contributed by atoms with Crippen molar-refractivity contribution in [2.24, 2.45) is 0 Å². The molecule has 0 aliphatic carbocycles. The number of hydrogen-bond acceptors (Lipinski definition) is 7. The first-order valence-electron chi connectivity index (χ1n) is 6.13. The second-order valence-corrected chi connectivity index (χ2v) is 5.24. The number of aryl methyl sites for hydroxylation is 1. The molecule has 1 N–H and O–H groups in total. The molecule has 0 radical (unpaired) electrons. The Morgan fingerprint density at radius 3 is 2.95 bits per heavy atom. The Bertz CT molecular complexity index is 707. The number of pyridine rings is 1. The van der Waals surface area contributed by atoms with Gasteiger partial charge in [-0.25, -0.2) is 4.98 Å². The van der Waals surface area contributed by atoms with Crippen LogP contribution in [-0.2, 0) is 6.42 Å². The second-order valence-electron chi connectivity index (χ2n) is 4.24. The van der Waals surface area contributed by atoms with Crippen molar-refractivity contribution in [3.05, 3.63) is 41.6 Å². The Morgan fingerprint density at radius 2 is 2.25 bits per heavy atom. The standard InChI is InChI=1S/C13H13N5OS/c1-8-11(20-13(14-2)16-8)12-17-10(18-19-12)6-9-4-3-5-15-7-9/h3-5,7H,6H2,1-2H3,(H,14,16). The lowest BCUT2D eigenvalue weighted by molar-refractivity contribution is 0.424. The molecule has 0 amide bonds. The quantitative estimate of drug-likeness (QED) is 0.794. The van der Waals surface area contributed by atoms with Gasteiger partial charge in [-0.2, -0.15) is 4.98 Å². The van der Waals surface area contributed by atoms with E-state index in [2.05, 4.69) is 25.4 Å². The minimum absolute atomic E-state index is 0.514. The van der Waals surface area contributed by atoms with E-state index in [0.29, 0.717) is 18.1 Å². The zero-order chi connectivity index (χ0) is 13.9. The molecule has 0 bridgehead atoms. The summed E-state index contributed by atoms with van der Waals surface area (Å²) >= 11 is 1.50. The molecule has 3 aromatic heterocycles. The van der Waals surface area contributed by atoms with Crippen LogP contribution in [0.15, 0.2) is 29.0 Å². The molecule has 0 aliphatic rings. The summed E-state index contributed by atoms with van der Waals surface area (Å²) in [4.78, 5) is 13.8. The van der Waals surface area contributed by atoms with Gasteiger partial charge in [-0.1, -0.05) is 22.6 Å². The van der Waals surface area contributed by atoms with Crippen LogP contribution in [0.5, 0.6) is 0 Å². The lowest BCUT2D eigenvalue weighted by Gasteiger charge is -1.93. The topological polar surface area (TPSA) is 76.7 Å². The van der Waals surface area contributed by atoms with E-state index in [4.69, 9.17) is 4.52 Å². The van der Waals surface area contributed by atoms with Crippen LogP contribution in [0.2, 0.25) is 0 Å². The Hall–Kier alpha value is -2.28. The predicted molar refractivity (Wildman–Crippen MR) is 76.7 cm³/mol. The fourth-order valence-electron chi connectivity index (χ4n) is 1.81. The second kappa shape index (κ2) is 5.38.